The van der Waals surface area contributed by atoms with Crippen molar-refractivity contribution in [3.8, 4) is 0 Å². The summed E-state index contributed by atoms with van der Waals surface area (Å²) < 4.78 is 4.92. The van der Waals surface area contributed by atoms with Gasteiger partial charge in [-0.25, -0.2) is 9.78 Å². The van der Waals surface area contributed by atoms with Crippen LogP contribution in [0.15, 0.2) is 35.5 Å². The number of ether oxygens (including phenoxy) is 1. The number of hydrogen-bond acceptors (Lipinski definition) is 7. The Hall–Kier alpha value is -2.85. The van der Waals surface area contributed by atoms with Crippen molar-refractivity contribution in [2.75, 3.05) is 12.4 Å². The van der Waals surface area contributed by atoms with Crippen LogP contribution in [0.4, 0.5) is 0 Å². The number of β-lactam (4-membered cyclic amide) rings is 1. The van der Waals surface area contributed by atoms with E-state index >= 15 is 0 Å². The summed E-state index contributed by atoms with van der Waals surface area (Å²) in [7, 11) is 0. The van der Waals surface area contributed by atoms with E-state index in [9.17, 15) is 19.5 Å². The number of rotatable bonds is 4. The van der Waals surface area contributed by atoms with E-state index in [1.54, 1.807) is 6.07 Å². The Bertz CT molecular complexity index is 983. The normalized spacial score (nSPS) is 24.6. The Morgan fingerprint density at radius 1 is 1.48 bits per heavy atom. The Kier molecular flexibility index (Phi) is 3.97. The van der Waals surface area contributed by atoms with Crippen molar-refractivity contribution in [2.45, 2.75) is 17.8 Å². The molecule has 1 saturated heterocycles. The number of esters is 1. The Labute approximate surface area is 157 Å². The van der Waals surface area contributed by atoms with Gasteiger partial charge in [-0.3, -0.25) is 14.5 Å². The second kappa shape index (κ2) is 6.10. The van der Waals surface area contributed by atoms with Crippen LogP contribution in [-0.2, 0) is 24.7 Å². The van der Waals surface area contributed by atoms with Gasteiger partial charge in [0.1, 0.15) is 23.5 Å². The minimum absolute atomic E-state index is 0.178. The fourth-order valence-corrected chi connectivity index (χ4v) is 4.72. The van der Waals surface area contributed by atoms with Crippen LogP contribution >= 0.6 is 11.8 Å². The standard InChI is InChI=1S/C17H16N4O5S/c1-8(22)26-6-9-7-27-16-17(18,15(25)21(16)12(9)13(23)24)14-19-10-4-2-3-5-11(10)20-14/h2-5,16H,6-7,18H2,1H3,(H,19,20)(H,23,24)/t16-,17?/m0/s1. The van der Waals surface area contributed by atoms with Gasteiger partial charge >= 0.3 is 11.9 Å². The molecular weight excluding hydrogens is 372 g/mol. The number of aromatic nitrogens is 2. The number of nitrogens with two attached hydrogens (primary N) is 1. The number of para-hydroxylation sites is 2. The maximum absolute atomic E-state index is 12.9. The lowest BCUT2D eigenvalue weighted by Crippen LogP contribution is -2.76. The molecule has 2 atom stereocenters. The summed E-state index contributed by atoms with van der Waals surface area (Å²) in [5, 5.41) is 8.99. The van der Waals surface area contributed by atoms with Crippen LogP contribution in [-0.4, -0.2) is 55.6 Å². The van der Waals surface area contributed by atoms with Gasteiger partial charge < -0.3 is 20.6 Å². The average molecular weight is 388 g/mol. The van der Waals surface area contributed by atoms with Crippen LogP contribution in [0.2, 0.25) is 0 Å². The highest BCUT2D eigenvalue weighted by molar-refractivity contribution is 8.00. The second-order valence-corrected chi connectivity index (χ2v) is 7.42. The molecule has 4 rings (SSSR count). The number of carbonyl (C=O) groups is 3. The number of aliphatic carboxylic acids is 1. The molecule has 27 heavy (non-hydrogen) atoms. The lowest BCUT2D eigenvalue weighted by Gasteiger charge is -2.54. The molecule has 0 radical (unpaired) electrons. The number of thioether (sulfide) groups is 1. The number of fused-ring (bicyclic) bond motifs is 2. The molecule has 1 aromatic carbocycles. The quantitative estimate of drug-likeness (QED) is 0.509. The van der Waals surface area contributed by atoms with E-state index < -0.39 is 28.8 Å². The molecule has 3 heterocycles. The van der Waals surface area contributed by atoms with E-state index in [0.29, 0.717) is 16.9 Å². The average Bonchev–Trinajstić information content (AvgIpc) is 3.08. The third-order valence-corrected chi connectivity index (χ3v) is 6.03. The molecule has 9 nitrogen and oxygen atoms in total. The maximum atomic E-state index is 12.9. The van der Waals surface area contributed by atoms with E-state index in [1.807, 2.05) is 18.2 Å². The maximum Gasteiger partial charge on any atom is 0.352 e. The molecule has 2 aliphatic rings. The monoisotopic (exact) mass is 388 g/mol. The van der Waals surface area contributed by atoms with Crippen molar-refractivity contribution in [1.82, 2.24) is 14.9 Å². The zero-order chi connectivity index (χ0) is 19.3. The summed E-state index contributed by atoms with van der Waals surface area (Å²) in [5.74, 6) is -1.76. The van der Waals surface area contributed by atoms with Crippen LogP contribution in [0, 0.1) is 0 Å². The Morgan fingerprint density at radius 2 is 2.22 bits per heavy atom. The molecular formula is C17H16N4O5S. The number of carboxylic acid groups (broad SMARTS) is 1. The second-order valence-electron chi connectivity index (χ2n) is 6.35. The first-order chi connectivity index (χ1) is 12.8. The number of hydrogen-bond donors (Lipinski definition) is 3. The van der Waals surface area contributed by atoms with Gasteiger partial charge in [0.05, 0.1) is 11.0 Å². The van der Waals surface area contributed by atoms with Crippen molar-refractivity contribution in [3.63, 3.8) is 0 Å². The van der Waals surface area contributed by atoms with Gasteiger partial charge in [-0.1, -0.05) is 12.1 Å². The molecule has 2 aromatic rings. The third-order valence-electron chi connectivity index (χ3n) is 4.62. The number of carboxylic acids is 1. The van der Waals surface area contributed by atoms with Crippen molar-refractivity contribution in [1.29, 1.82) is 0 Å². The van der Waals surface area contributed by atoms with Gasteiger partial charge in [0.15, 0.2) is 5.54 Å². The number of amides is 1. The molecule has 1 unspecified atom stereocenters. The number of H-pyrrole nitrogens is 1. The van der Waals surface area contributed by atoms with Gasteiger partial charge in [-0.05, 0) is 12.1 Å². The van der Waals surface area contributed by atoms with Crippen LogP contribution in [0.5, 0.6) is 0 Å². The molecule has 1 aromatic heterocycles. The Balaban J connectivity index is 1.71. The minimum atomic E-state index is -1.45. The fraction of sp³-hybridized carbons (Fsp3) is 0.294. The van der Waals surface area contributed by atoms with Gasteiger partial charge in [-0.15, -0.1) is 11.8 Å². The molecule has 0 aliphatic carbocycles. The van der Waals surface area contributed by atoms with E-state index in [4.69, 9.17) is 10.5 Å². The van der Waals surface area contributed by atoms with Crippen LogP contribution in [0.1, 0.15) is 12.7 Å². The molecule has 0 saturated carbocycles. The zero-order valence-electron chi connectivity index (χ0n) is 14.3. The Morgan fingerprint density at radius 3 is 2.89 bits per heavy atom. The molecule has 1 fully saturated rings. The molecule has 0 spiro atoms. The smallest absolute Gasteiger partial charge is 0.352 e. The lowest BCUT2D eigenvalue weighted by molar-refractivity contribution is -0.156. The lowest BCUT2D eigenvalue weighted by atomic mass is 9.86. The number of carbonyl (C=O) groups excluding carboxylic acids is 2. The first-order valence-electron chi connectivity index (χ1n) is 8.12. The van der Waals surface area contributed by atoms with E-state index in [0.717, 1.165) is 10.4 Å². The van der Waals surface area contributed by atoms with Crippen LogP contribution < -0.4 is 5.73 Å². The highest BCUT2D eigenvalue weighted by atomic mass is 32.2. The van der Waals surface area contributed by atoms with Crippen molar-refractivity contribution >= 4 is 40.6 Å². The summed E-state index contributed by atoms with van der Waals surface area (Å²) in [6.45, 7) is 1.06. The van der Waals surface area contributed by atoms with Gasteiger partial charge in [0.25, 0.3) is 5.91 Å². The van der Waals surface area contributed by atoms with Gasteiger partial charge in [-0.2, -0.15) is 0 Å². The molecule has 2 aliphatic heterocycles. The van der Waals surface area contributed by atoms with Gasteiger partial charge in [0.2, 0.25) is 0 Å². The van der Waals surface area contributed by atoms with Crippen molar-refractivity contribution in [2.24, 2.45) is 5.73 Å². The van der Waals surface area contributed by atoms with E-state index in [-0.39, 0.29) is 18.1 Å². The molecule has 0 bridgehead atoms. The zero-order valence-corrected chi connectivity index (χ0v) is 15.1. The summed E-state index contributed by atoms with van der Waals surface area (Å²) in [5.41, 5.74) is 6.56. The van der Waals surface area contributed by atoms with E-state index in [2.05, 4.69) is 9.97 Å². The largest absolute Gasteiger partial charge is 0.477 e. The van der Waals surface area contributed by atoms with Crippen molar-refractivity contribution in [3.05, 3.63) is 41.4 Å². The van der Waals surface area contributed by atoms with Crippen molar-refractivity contribution < 1.29 is 24.2 Å². The number of aromatic amines is 1. The first-order valence-corrected chi connectivity index (χ1v) is 9.17. The predicted molar refractivity (Wildman–Crippen MR) is 96.3 cm³/mol. The molecule has 1 amide bonds. The predicted octanol–water partition coefficient (Wildman–Crippen LogP) is 0.534. The summed E-state index contributed by atoms with van der Waals surface area (Å²) in [6, 6.07) is 7.29. The number of nitrogens with one attached hydrogen (secondary N) is 1. The van der Waals surface area contributed by atoms with Crippen LogP contribution in [0.3, 0.4) is 0 Å². The molecule has 4 N–H and O–H groups in total. The summed E-state index contributed by atoms with van der Waals surface area (Å²) in [6.07, 6.45) is 0. The molecule has 10 heteroatoms. The topological polar surface area (TPSA) is 139 Å². The number of benzene rings is 1. The minimum Gasteiger partial charge on any atom is -0.477 e. The fourth-order valence-electron chi connectivity index (χ4n) is 3.31. The van der Waals surface area contributed by atoms with E-state index in [1.165, 1.54) is 18.7 Å². The summed E-state index contributed by atoms with van der Waals surface area (Å²) >= 11 is 1.32. The highest BCUT2D eigenvalue weighted by Gasteiger charge is 2.65. The highest BCUT2D eigenvalue weighted by Crippen LogP contribution is 2.49. The number of nitrogens with zero attached hydrogens (tertiary/aromatic N) is 2. The van der Waals surface area contributed by atoms with Crippen LogP contribution in [0.25, 0.3) is 11.0 Å². The van der Waals surface area contributed by atoms with Gasteiger partial charge in [0, 0.05) is 18.2 Å². The number of imidazole rings is 1. The SMILES string of the molecule is CC(=O)OCC1=C(C(=O)O)N2C(=O)C(N)(c3nc4ccccc4[nH]3)[C@@H]2SC1. The third kappa shape index (κ3) is 2.52. The molecule has 140 valence electrons. The summed E-state index contributed by atoms with van der Waals surface area (Å²) in [4.78, 5) is 44.4. The first kappa shape index (κ1) is 17.6.